The molecule has 3 rings (SSSR count). The van der Waals surface area contributed by atoms with Crippen molar-refractivity contribution in [1.82, 2.24) is 0 Å². The molecule has 1 atom stereocenters. The Morgan fingerprint density at radius 2 is 2.04 bits per heavy atom. The highest BCUT2D eigenvalue weighted by Gasteiger charge is 2.39. The maximum Gasteiger partial charge on any atom is 0.181 e. The lowest BCUT2D eigenvalue weighted by Gasteiger charge is -2.28. The molecule has 1 heterocycles. The van der Waals surface area contributed by atoms with Crippen LogP contribution in [0.4, 0.5) is 0 Å². The first kappa shape index (κ1) is 19.6. The molecule has 1 unspecified atom stereocenters. The third kappa shape index (κ3) is 3.91. The molecule has 1 aliphatic heterocycles. The van der Waals surface area contributed by atoms with Gasteiger partial charge in [0.05, 0.1) is 21.9 Å². The average molecular weight is 394 g/mol. The molecule has 0 amide bonds. The van der Waals surface area contributed by atoms with Crippen molar-refractivity contribution in [2.24, 2.45) is 4.99 Å². The number of sulfone groups is 1. The fraction of sp³-hybridized carbons (Fsp3) is 0.571. The van der Waals surface area contributed by atoms with Crippen LogP contribution in [0, 0.1) is 0 Å². The minimum absolute atomic E-state index is 0.0852. The summed E-state index contributed by atoms with van der Waals surface area (Å²) >= 11 is 6.25. The first-order valence-electron chi connectivity index (χ1n) is 9.73. The number of unbranched alkanes of at least 4 members (excludes halogenated alkanes) is 1. The molecule has 0 N–H and O–H groups in total. The number of rotatable bonds is 5. The maximum absolute atomic E-state index is 13.2. The molecule has 5 heteroatoms. The highest BCUT2D eigenvalue weighted by molar-refractivity contribution is 7.91. The van der Waals surface area contributed by atoms with Crippen LogP contribution in [0.1, 0.15) is 70.8 Å². The smallest absolute Gasteiger partial charge is 0.181 e. The Morgan fingerprint density at radius 3 is 2.69 bits per heavy atom. The van der Waals surface area contributed by atoms with Gasteiger partial charge in [0.2, 0.25) is 0 Å². The van der Waals surface area contributed by atoms with E-state index in [1.165, 1.54) is 12.0 Å². The molecule has 0 saturated carbocycles. The molecule has 1 aromatic rings. The zero-order valence-corrected chi connectivity index (χ0v) is 17.3. The lowest BCUT2D eigenvalue weighted by molar-refractivity contribution is 0.407. The van der Waals surface area contributed by atoms with E-state index in [2.05, 4.69) is 19.9 Å². The van der Waals surface area contributed by atoms with Crippen molar-refractivity contribution in [3.63, 3.8) is 0 Å². The number of benzene rings is 1. The molecule has 0 saturated heterocycles. The SMILES string of the molecule is CCCCC1(CC)CS(=O)(=O)c2ccc(Cl)cc2C(C2=CCCCC2)=N1. The second kappa shape index (κ2) is 7.85. The number of fused-ring (bicyclic) bond motifs is 1. The molecule has 0 aromatic heterocycles. The van der Waals surface area contributed by atoms with E-state index in [1.807, 2.05) is 0 Å². The van der Waals surface area contributed by atoms with Gasteiger partial charge in [-0.05, 0) is 62.3 Å². The van der Waals surface area contributed by atoms with Gasteiger partial charge in [0.15, 0.2) is 9.84 Å². The fourth-order valence-electron chi connectivity index (χ4n) is 4.01. The van der Waals surface area contributed by atoms with Crippen LogP contribution in [0.5, 0.6) is 0 Å². The molecule has 0 spiro atoms. The van der Waals surface area contributed by atoms with Crippen molar-refractivity contribution in [2.45, 2.75) is 75.6 Å². The van der Waals surface area contributed by atoms with Crippen molar-refractivity contribution in [1.29, 1.82) is 0 Å². The number of hydrogen-bond donors (Lipinski definition) is 0. The first-order valence-corrected chi connectivity index (χ1v) is 11.8. The Bertz CT molecular complexity index is 842. The second-order valence-electron chi connectivity index (χ2n) is 7.52. The van der Waals surface area contributed by atoms with E-state index in [-0.39, 0.29) is 5.75 Å². The largest absolute Gasteiger partial charge is 0.277 e. The molecular weight excluding hydrogens is 366 g/mol. The molecule has 3 nitrogen and oxygen atoms in total. The van der Waals surface area contributed by atoms with E-state index in [0.29, 0.717) is 15.5 Å². The molecule has 0 bridgehead atoms. The summed E-state index contributed by atoms with van der Waals surface area (Å²) in [5.41, 5.74) is 2.19. The van der Waals surface area contributed by atoms with Crippen LogP contribution >= 0.6 is 11.6 Å². The summed E-state index contributed by atoms with van der Waals surface area (Å²) in [6, 6.07) is 5.13. The number of hydrogen-bond acceptors (Lipinski definition) is 3. The normalized spacial score (nSPS) is 25.0. The van der Waals surface area contributed by atoms with Gasteiger partial charge in [0.25, 0.3) is 0 Å². The van der Waals surface area contributed by atoms with Gasteiger partial charge in [-0.15, -0.1) is 0 Å². The van der Waals surface area contributed by atoms with E-state index in [4.69, 9.17) is 16.6 Å². The zero-order valence-electron chi connectivity index (χ0n) is 15.7. The molecule has 2 aliphatic rings. The van der Waals surface area contributed by atoms with Crippen molar-refractivity contribution < 1.29 is 8.42 Å². The minimum atomic E-state index is -3.42. The Morgan fingerprint density at radius 1 is 1.23 bits per heavy atom. The molecule has 1 aromatic carbocycles. The van der Waals surface area contributed by atoms with Crippen LogP contribution in [-0.2, 0) is 9.84 Å². The molecule has 142 valence electrons. The summed E-state index contributed by atoms with van der Waals surface area (Å²) in [5, 5.41) is 0.556. The van der Waals surface area contributed by atoms with Crippen LogP contribution in [0.3, 0.4) is 0 Å². The summed E-state index contributed by atoms with van der Waals surface area (Å²) < 4.78 is 26.5. The summed E-state index contributed by atoms with van der Waals surface area (Å²) in [6.45, 7) is 4.20. The Kier molecular flexibility index (Phi) is 5.93. The Balaban J connectivity index is 2.24. The average Bonchev–Trinajstić information content (AvgIpc) is 2.73. The number of halogens is 1. The highest BCUT2D eigenvalue weighted by Crippen LogP contribution is 2.37. The number of aliphatic imine (C=N–C) groups is 1. The van der Waals surface area contributed by atoms with E-state index in [9.17, 15) is 8.42 Å². The van der Waals surface area contributed by atoms with Gasteiger partial charge in [-0.3, -0.25) is 4.99 Å². The quantitative estimate of drug-likeness (QED) is 0.638. The predicted octanol–water partition coefficient (Wildman–Crippen LogP) is 5.76. The molecule has 1 aliphatic carbocycles. The summed E-state index contributed by atoms with van der Waals surface area (Å²) in [7, 11) is -3.42. The monoisotopic (exact) mass is 393 g/mol. The second-order valence-corrected chi connectivity index (χ2v) is 9.91. The van der Waals surface area contributed by atoms with Crippen LogP contribution in [-0.4, -0.2) is 25.4 Å². The van der Waals surface area contributed by atoms with Crippen molar-refractivity contribution >= 4 is 27.1 Å². The van der Waals surface area contributed by atoms with Gasteiger partial charge in [0.1, 0.15) is 0 Å². The number of allylic oxidation sites excluding steroid dienone is 2. The lowest BCUT2D eigenvalue weighted by Crippen LogP contribution is -2.34. The van der Waals surface area contributed by atoms with Crippen LogP contribution in [0.15, 0.2) is 39.7 Å². The predicted molar refractivity (Wildman–Crippen MR) is 109 cm³/mol. The van der Waals surface area contributed by atoms with Gasteiger partial charge in [0, 0.05) is 10.6 Å². The van der Waals surface area contributed by atoms with Crippen molar-refractivity contribution in [2.75, 3.05) is 5.75 Å². The van der Waals surface area contributed by atoms with E-state index in [1.54, 1.807) is 18.2 Å². The molecule has 0 radical (unpaired) electrons. The maximum atomic E-state index is 13.2. The lowest BCUT2D eigenvalue weighted by atomic mass is 9.88. The van der Waals surface area contributed by atoms with E-state index < -0.39 is 15.4 Å². The Labute approximate surface area is 162 Å². The first-order chi connectivity index (χ1) is 12.4. The van der Waals surface area contributed by atoms with Gasteiger partial charge >= 0.3 is 0 Å². The minimum Gasteiger partial charge on any atom is -0.277 e. The fourth-order valence-corrected chi connectivity index (χ4v) is 6.22. The van der Waals surface area contributed by atoms with Crippen molar-refractivity contribution in [3.8, 4) is 0 Å². The van der Waals surface area contributed by atoms with Crippen LogP contribution in [0.2, 0.25) is 5.02 Å². The van der Waals surface area contributed by atoms with Gasteiger partial charge in [-0.25, -0.2) is 8.42 Å². The third-order valence-corrected chi connectivity index (χ3v) is 7.77. The molecule has 26 heavy (non-hydrogen) atoms. The molecular formula is C21H28ClNO2S. The summed E-state index contributed by atoms with van der Waals surface area (Å²) in [5.74, 6) is 0.0852. The topological polar surface area (TPSA) is 46.5 Å². The van der Waals surface area contributed by atoms with Gasteiger partial charge in [-0.1, -0.05) is 44.4 Å². The van der Waals surface area contributed by atoms with E-state index >= 15 is 0 Å². The zero-order chi connectivity index (χ0) is 18.8. The standard InChI is InChI=1S/C21H28ClNO2S/c1-3-5-13-21(4-2)15-26(24,25)19-12-11-17(22)14-18(19)20(23-21)16-9-7-6-8-10-16/h9,11-12,14H,3-8,10,13,15H2,1-2H3. The van der Waals surface area contributed by atoms with Crippen LogP contribution < -0.4 is 0 Å². The molecule has 0 fully saturated rings. The Hall–Kier alpha value is -1.13. The van der Waals surface area contributed by atoms with Gasteiger partial charge in [-0.2, -0.15) is 0 Å². The summed E-state index contributed by atoms with van der Waals surface area (Å²) in [4.78, 5) is 5.56. The number of nitrogens with zero attached hydrogens (tertiary/aromatic N) is 1. The van der Waals surface area contributed by atoms with Gasteiger partial charge < -0.3 is 0 Å². The third-order valence-electron chi connectivity index (χ3n) is 5.59. The summed E-state index contributed by atoms with van der Waals surface area (Å²) in [6.07, 6.45) is 10.1. The highest BCUT2D eigenvalue weighted by atomic mass is 35.5. The van der Waals surface area contributed by atoms with Crippen molar-refractivity contribution in [3.05, 3.63) is 40.4 Å². The van der Waals surface area contributed by atoms with E-state index in [0.717, 1.165) is 50.7 Å². The van der Waals surface area contributed by atoms with Crippen LogP contribution in [0.25, 0.3) is 0 Å².